The van der Waals surface area contributed by atoms with E-state index in [1.54, 1.807) is 0 Å². The summed E-state index contributed by atoms with van der Waals surface area (Å²) < 4.78 is 5.43. The van der Waals surface area contributed by atoms with Gasteiger partial charge < -0.3 is 15.0 Å². The van der Waals surface area contributed by atoms with Crippen LogP contribution >= 0.6 is 0 Å². The molecule has 1 spiro atoms. The van der Waals surface area contributed by atoms with Crippen molar-refractivity contribution >= 4 is 11.8 Å². The summed E-state index contributed by atoms with van der Waals surface area (Å²) in [6.45, 7) is 8.34. The van der Waals surface area contributed by atoms with E-state index in [9.17, 15) is 9.59 Å². The lowest BCUT2D eigenvalue weighted by molar-refractivity contribution is -0.132. The smallest absolute Gasteiger partial charge is 0.243 e. The standard InChI is InChI=1S/C15H24N2O3/c1-3-13(18)16-7-4-14(19)17-11-15(10-12(17)2)5-8-20-9-6-15/h3,12H,1,4-11H2,2H3,(H,16,18). The molecule has 2 rings (SSSR count). The van der Waals surface area contributed by atoms with Crippen molar-refractivity contribution in [2.75, 3.05) is 26.3 Å². The van der Waals surface area contributed by atoms with Crippen LogP contribution in [0, 0.1) is 5.41 Å². The van der Waals surface area contributed by atoms with Crippen molar-refractivity contribution in [1.29, 1.82) is 0 Å². The van der Waals surface area contributed by atoms with Crippen LogP contribution < -0.4 is 5.32 Å². The van der Waals surface area contributed by atoms with E-state index in [-0.39, 0.29) is 23.3 Å². The van der Waals surface area contributed by atoms with Gasteiger partial charge in [-0.25, -0.2) is 0 Å². The van der Waals surface area contributed by atoms with Gasteiger partial charge in [-0.2, -0.15) is 0 Å². The molecule has 2 aliphatic heterocycles. The summed E-state index contributed by atoms with van der Waals surface area (Å²) in [6, 6.07) is 0.288. The fraction of sp³-hybridized carbons (Fsp3) is 0.733. The van der Waals surface area contributed by atoms with Gasteiger partial charge in [0, 0.05) is 38.8 Å². The maximum atomic E-state index is 12.3. The highest BCUT2D eigenvalue weighted by atomic mass is 16.5. The first kappa shape index (κ1) is 15.0. The van der Waals surface area contributed by atoms with E-state index in [2.05, 4.69) is 18.8 Å². The van der Waals surface area contributed by atoms with Crippen LogP contribution in [0.25, 0.3) is 0 Å². The zero-order chi connectivity index (χ0) is 14.6. The van der Waals surface area contributed by atoms with E-state index in [0.717, 1.165) is 39.0 Å². The SMILES string of the molecule is C=CC(=O)NCCC(=O)N1CC2(CCOCC2)CC1C. The van der Waals surface area contributed by atoms with Gasteiger partial charge in [-0.1, -0.05) is 6.58 Å². The number of amides is 2. The van der Waals surface area contributed by atoms with Gasteiger partial charge in [0.05, 0.1) is 0 Å². The number of likely N-dealkylation sites (tertiary alicyclic amines) is 1. The molecule has 112 valence electrons. The molecule has 5 nitrogen and oxygen atoms in total. The Morgan fingerprint density at radius 2 is 2.15 bits per heavy atom. The Kier molecular flexibility index (Phi) is 4.81. The Hall–Kier alpha value is -1.36. The van der Waals surface area contributed by atoms with Crippen molar-refractivity contribution in [2.45, 2.75) is 38.6 Å². The average Bonchev–Trinajstić information content (AvgIpc) is 2.75. The molecule has 0 saturated carbocycles. The normalized spacial score (nSPS) is 24.6. The van der Waals surface area contributed by atoms with E-state index in [1.165, 1.54) is 6.08 Å². The third-order valence-electron chi connectivity index (χ3n) is 4.46. The maximum Gasteiger partial charge on any atom is 0.243 e. The third kappa shape index (κ3) is 3.39. The molecule has 2 amide bonds. The quantitative estimate of drug-likeness (QED) is 0.784. The van der Waals surface area contributed by atoms with Crippen LogP contribution in [0.1, 0.15) is 32.6 Å². The monoisotopic (exact) mass is 280 g/mol. The van der Waals surface area contributed by atoms with E-state index >= 15 is 0 Å². The highest BCUT2D eigenvalue weighted by molar-refractivity contribution is 5.87. The topological polar surface area (TPSA) is 58.6 Å². The van der Waals surface area contributed by atoms with Crippen molar-refractivity contribution in [1.82, 2.24) is 10.2 Å². The number of carbonyl (C=O) groups is 2. The zero-order valence-electron chi connectivity index (χ0n) is 12.2. The van der Waals surface area contributed by atoms with Crippen LogP contribution in [-0.4, -0.2) is 49.1 Å². The fourth-order valence-electron chi connectivity index (χ4n) is 3.33. The number of carbonyl (C=O) groups excluding carboxylic acids is 2. The third-order valence-corrected chi connectivity index (χ3v) is 4.46. The summed E-state index contributed by atoms with van der Waals surface area (Å²) in [5, 5.41) is 2.65. The minimum Gasteiger partial charge on any atom is -0.381 e. The van der Waals surface area contributed by atoms with Crippen LogP contribution in [0.2, 0.25) is 0 Å². The van der Waals surface area contributed by atoms with Gasteiger partial charge in [0.15, 0.2) is 0 Å². The lowest BCUT2D eigenvalue weighted by Crippen LogP contribution is -2.38. The van der Waals surface area contributed by atoms with Gasteiger partial charge in [0.1, 0.15) is 0 Å². The molecule has 20 heavy (non-hydrogen) atoms. The molecule has 2 saturated heterocycles. The van der Waals surface area contributed by atoms with Crippen molar-refractivity contribution in [3.8, 4) is 0 Å². The second kappa shape index (κ2) is 6.39. The molecule has 0 aromatic rings. The predicted octanol–water partition coefficient (Wildman–Crippen LogP) is 1.10. The van der Waals surface area contributed by atoms with Crippen molar-refractivity contribution in [3.05, 3.63) is 12.7 Å². The molecule has 0 bridgehead atoms. The maximum absolute atomic E-state index is 12.3. The number of hydrogen-bond acceptors (Lipinski definition) is 3. The molecule has 0 aromatic carbocycles. The molecule has 1 atom stereocenters. The minimum absolute atomic E-state index is 0.130. The number of hydrogen-bond donors (Lipinski definition) is 1. The fourth-order valence-corrected chi connectivity index (χ4v) is 3.33. The molecular weight excluding hydrogens is 256 g/mol. The second-order valence-electron chi connectivity index (χ2n) is 5.93. The highest BCUT2D eigenvalue weighted by Gasteiger charge is 2.44. The molecule has 2 fully saturated rings. The Morgan fingerprint density at radius 1 is 1.45 bits per heavy atom. The summed E-state index contributed by atoms with van der Waals surface area (Å²) >= 11 is 0. The summed E-state index contributed by atoms with van der Waals surface area (Å²) in [7, 11) is 0. The molecule has 1 N–H and O–H groups in total. The Bertz CT molecular complexity index is 389. The van der Waals surface area contributed by atoms with E-state index in [4.69, 9.17) is 4.74 Å². The van der Waals surface area contributed by atoms with Gasteiger partial charge in [-0.15, -0.1) is 0 Å². The number of nitrogens with one attached hydrogen (secondary N) is 1. The largest absolute Gasteiger partial charge is 0.381 e. The summed E-state index contributed by atoms with van der Waals surface area (Å²) in [5.41, 5.74) is 0.262. The molecule has 5 heteroatoms. The lowest BCUT2D eigenvalue weighted by Gasteiger charge is -2.33. The van der Waals surface area contributed by atoms with Gasteiger partial charge in [0.25, 0.3) is 0 Å². The van der Waals surface area contributed by atoms with Gasteiger partial charge >= 0.3 is 0 Å². The van der Waals surface area contributed by atoms with Gasteiger partial charge in [0.2, 0.25) is 11.8 Å². The predicted molar refractivity (Wildman–Crippen MR) is 76.1 cm³/mol. The van der Waals surface area contributed by atoms with Crippen molar-refractivity contribution < 1.29 is 14.3 Å². The van der Waals surface area contributed by atoms with Crippen LogP contribution in [0.5, 0.6) is 0 Å². The van der Waals surface area contributed by atoms with Crippen molar-refractivity contribution in [3.63, 3.8) is 0 Å². The number of nitrogens with zero attached hydrogens (tertiary/aromatic N) is 1. The first-order valence-electron chi connectivity index (χ1n) is 7.34. The molecule has 1 unspecified atom stereocenters. The molecular formula is C15H24N2O3. The highest BCUT2D eigenvalue weighted by Crippen LogP contribution is 2.42. The van der Waals surface area contributed by atoms with Crippen LogP contribution in [0.4, 0.5) is 0 Å². The molecule has 2 heterocycles. The summed E-state index contributed by atoms with van der Waals surface area (Å²) in [5.74, 6) is -0.0987. The Balaban J connectivity index is 1.84. The van der Waals surface area contributed by atoms with Crippen LogP contribution in [0.15, 0.2) is 12.7 Å². The summed E-state index contributed by atoms with van der Waals surface area (Å²) in [6.07, 6.45) is 4.75. The van der Waals surface area contributed by atoms with Crippen LogP contribution in [0.3, 0.4) is 0 Å². The molecule has 0 radical (unpaired) electrons. The van der Waals surface area contributed by atoms with E-state index in [1.807, 2.05) is 4.90 Å². The second-order valence-corrected chi connectivity index (χ2v) is 5.93. The first-order chi connectivity index (χ1) is 9.56. The molecule has 0 aromatic heterocycles. The average molecular weight is 280 g/mol. The lowest BCUT2D eigenvalue weighted by atomic mass is 9.78. The van der Waals surface area contributed by atoms with Gasteiger partial charge in [-0.3, -0.25) is 9.59 Å². The summed E-state index contributed by atoms with van der Waals surface area (Å²) in [4.78, 5) is 25.3. The van der Waals surface area contributed by atoms with E-state index in [0.29, 0.717) is 13.0 Å². The Labute approximate surface area is 120 Å². The zero-order valence-corrected chi connectivity index (χ0v) is 12.2. The number of ether oxygens (including phenoxy) is 1. The molecule has 2 aliphatic rings. The van der Waals surface area contributed by atoms with Crippen LogP contribution in [-0.2, 0) is 14.3 Å². The Morgan fingerprint density at radius 3 is 2.80 bits per heavy atom. The van der Waals surface area contributed by atoms with Gasteiger partial charge in [-0.05, 0) is 37.7 Å². The van der Waals surface area contributed by atoms with Crippen molar-refractivity contribution in [2.24, 2.45) is 5.41 Å². The number of rotatable bonds is 4. The molecule has 0 aliphatic carbocycles. The van der Waals surface area contributed by atoms with E-state index < -0.39 is 0 Å². The first-order valence-corrected chi connectivity index (χ1v) is 7.34. The minimum atomic E-state index is -0.229.